The van der Waals surface area contributed by atoms with Gasteiger partial charge in [-0.3, -0.25) is 4.79 Å². The van der Waals surface area contributed by atoms with Crippen molar-refractivity contribution < 1.29 is 18.7 Å². The van der Waals surface area contributed by atoms with E-state index in [0.29, 0.717) is 31.4 Å². The third kappa shape index (κ3) is 5.06. The summed E-state index contributed by atoms with van der Waals surface area (Å²) in [7, 11) is 1.72. The van der Waals surface area contributed by atoms with Gasteiger partial charge in [0, 0.05) is 20.0 Å². The van der Waals surface area contributed by atoms with Gasteiger partial charge >= 0.3 is 0 Å². The molecule has 0 aliphatic rings. The molecule has 0 aliphatic heterocycles. The van der Waals surface area contributed by atoms with E-state index in [9.17, 15) is 18.7 Å². The standard InChI is InChI=1S/C18H19F2NO2/c1-21(12-14-5-8-15(22)9-6-14)18(23)4-2-3-13-7-10-16(19)17(20)11-13/h5-11,22H,2-4,12H2,1H3. The van der Waals surface area contributed by atoms with Crippen molar-refractivity contribution in [2.45, 2.75) is 25.8 Å². The van der Waals surface area contributed by atoms with Crippen molar-refractivity contribution in [2.24, 2.45) is 0 Å². The lowest BCUT2D eigenvalue weighted by Crippen LogP contribution is -2.25. The molecule has 0 atom stereocenters. The second kappa shape index (κ2) is 7.72. The quantitative estimate of drug-likeness (QED) is 0.883. The van der Waals surface area contributed by atoms with Gasteiger partial charge in [0.1, 0.15) is 5.75 Å². The number of nitrogens with zero attached hydrogens (tertiary/aromatic N) is 1. The van der Waals surface area contributed by atoms with Crippen LogP contribution in [0.15, 0.2) is 42.5 Å². The molecule has 1 N–H and O–H groups in total. The highest BCUT2D eigenvalue weighted by atomic mass is 19.2. The van der Waals surface area contributed by atoms with Crippen molar-refractivity contribution in [1.29, 1.82) is 0 Å². The van der Waals surface area contributed by atoms with Crippen LogP contribution in [0.1, 0.15) is 24.0 Å². The molecule has 0 fully saturated rings. The maximum Gasteiger partial charge on any atom is 0.222 e. The molecule has 0 saturated carbocycles. The van der Waals surface area contributed by atoms with Crippen LogP contribution in [0.5, 0.6) is 5.75 Å². The van der Waals surface area contributed by atoms with Gasteiger partial charge in [-0.1, -0.05) is 18.2 Å². The molecule has 3 nitrogen and oxygen atoms in total. The maximum absolute atomic E-state index is 13.1. The second-order valence-electron chi connectivity index (χ2n) is 5.52. The molecule has 0 unspecified atom stereocenters. The fourth-order valence-corrected chi connectivity index (χ4v) is 2.29. The molecule has 0 bridgehead atoms. The molecular weight excluding hydrogens is 300 g/mol. The third-order valence-electron chi connectivity index (χ3n) is 3.62. The monoisotopic (exact) mass is 319 g/mol. The van der Waals surface area contributed by atoms with Crippen molar-refractivity contribution in [3.63, 3.8) is 0 Å². The summed E-state index contributed by atoms with van der Waals surface area (Å²) in [6, 6.07) is 10.5. The highest BCUT2D eigenvalue weighted by molar-refractivity contribution is 5.75. The Morgan fingerprint density at radius 1 is 1.04 bits per heavy atom. The number of hydrogen-bond donors (Lipinski definition) is 1. The Kier molecular flexibility index (Phi) is 5.68. The zero-order valence-electron chi connectivity index (χ0n) is 12.9. The first kappa shape index (κ1) is 16.9. The molecule has 0 heterocycles. The lowest BCUT2D eigenvalue weighted by molar-refractivity contribution is -0.130. The van der Waals surface area contributed by atoms with Gasteiger partial charge < -0.3 is 10.0 Å². The predicted octanol–water partition coefficient (Wildman–Crippen LogP) is 3.65. The summed E-state index contributed by atoms with van der Waals surface area (Å²) in [6.07, 6.45) is 1.44. The maximum atomic E-state index is 13.1. The number of carbonyl (C=O) groups excluding carboxylic acids is 1. The molecule has 2 aromatic carbocycles. The Balaban J connectivity index is 1.79. The minimum atomic E-state index is -0.863. The van der Waals surface area contributed by atoms with Crippen LogP contribution in [0.4, 0.5) is 8.78 Å². The number of phenolic OH excluding ortho intramolecular Hbond substituents is 1. The summed E-state index contributed by atoms with van der Waals surface area (Å²) in [6.45, 7) is 0.463. The Bertz CT molecular complexity index is 671. The number of carbonyl (C=O) groups is 1. The van der Waals surface area contributed by atoms with Crippen LogP contribution < -0.4 is 0 Å². The van der Waals surface area contributed by atoms with E-state index < -0.39 is 11.6 Å². The van der Waals surface area contributed by atoms with Gasteiger partial charge in [0.15, 0.2) is 11.6 Å². The fraction of sp³-hybridized carbons (Fsp3) is 0.278. The van der Waals surface area contributed by atoms with E-state index in [1.165, 1.54) is 12.1 Å². The van der Waals surface area contributed by atoms with E-state index in [-0.39, 0.29) is 11.7 Å². The zero-order chi connectivity index (χ0) is 16.8. The van der Waals surface area contributed by atoms with Crippen molar-refractivity contribution in [3.8, 4) is 5.75 Å². The molecule has 2 rings (SSSR count). The van der Waals surface area contributed by atoms with E-state index in [0.717, 1.165) is 11.6 Å². The molecule has 0 aromatic heterocycles. The number of benzene rings is 2. The molecule has 0 radical (unpaired) electrons. The van der Waals surface area contributed by atoms with E-state index in [1.54, 1.807) is 36.2 Å². The summed E-state index contributed by atoms with van der Waals surface area (Å²) in [4.78, 5) is 13.7. The number of aromatic hydroxyl groups is 1. The molecule has 2 aromatic rings. The van der Waals surface area contributed by atoms with Gasteiger partial charge in [0.05, 0.1) is 0 Å². The van der Waals surface area contributed by atoms with Crippen LogP contribution in [0.3, 0.4) is 0 Å². The molecule has 23 heavy (non-hydrogen) atoms. The lowest BCUT2D eigenvalue weighted by atomic mass is 10.1. The Labute approximate surface area is 134 Å². The van der Waals surface area contributed by atoms with E-state index in [1.807, 2.05) is 0 Å². The topological polar surface area (TPSA) is 40.5 Å². The molecule has 0 aliphatic carbocycles. The molecule has 5 heteroatoms. The van der Waals surface area contributed by atoms with Crippen molar-refractivity contribution in [1.82, 2.24) is 4.90 Å². The van der Waals surface area contributed by atoms with Gasteiger partial charge in [-0.05, 0) is 48.2 Å². The number of halogens is 2. The van der Waals surface area contributed by atoms with Crippen molar-refractivity contribution in [3.05, 3.63) is 65.2 Å². The SMILES string of the molecule is CN(Cc1ccc(O)cc1)C(=O)CCCc1ccc(F)c(F)c1. The molecule has 122 valence electrons. The second-order valence-corrected chi connectivity index (χ2v) is 5.52. The normalized spacial score (nSPS) is 10.6. The van der Waals surface area contributed by atoms with Crippen LogP contribution in [-0.4, -0.2) is 23.0 Å². The Morgan fingerprint density at radius 2 is 1.70 bits per heavy atom. The minimum absolute atomic E-state index is 0.0133. The van der Waals surface area contributed by atoms with Crippen LogP contribution in [0.2, 0.25) is 0 Å². The predicted molar refractivity (Wildman–Crippen MR) is 83.9 cm³/mol. The lowest BCUT2D eigenvalue weighted by Gasteiger charge is -2.17. The van der Waals surface area contributed by atoms with E-state index in [4.69, 9.17) is 0 Å². The zero-order valence-corrected chi connectivity index (χ0v) is 12.9. The van der Waals surface area contributed by atoms with Gasteiger partial charge in [0.2, 0.25) is 5.91 Å². The first-order valence-corrected chi connectivity index (χ1v) is 7.41. The summed E-state index contributed by atoms with van der Waals surface area (Å²) in [5.41, 5.74) is 1.61. The number of rotatable bonds is 6. The van der Waals surface area contributed by atoms with Gasteiger partial charge in [-0.25, -0.2) is 8.78 Å². The van der Waals surface area contributed by atoms with E-state index in [2.05, 4.69) is 0 Å². The van der Waals surface area contributed by atoms with E-state index >= 15 is 0 Å². The van der Waals surface area contributed by atoms with Crippen LogP contribution in [0.25, 0.3) is 0 Å². The number of amides is 1. The number of phenols is 1. The minimum Gasteiger partial charge on any atom is -0.508 e. The molecular formula is C18H19F2NO2. The Hall–Kier alpha value is -2.43. The average Bonchev–Trinajstić information content (AvgIpc) is 2.53. The molecule has 0 spiro atoms. The Morgan fingerprint density at radius 3 is 2.35 bits per heavy atom. The first-order chi connectivity index (χ1) is 11.0. The number of hydrogen-bond acceptors (Lipinski definition) is 2. The van der Waals surface area contributed by atoms with Crippen LogP contribution in [-0.2, 0) is 17.8 Å². The van der Waals surface area contributed by atoms with Gasteiger partial charge in [0.25, 0.3) is 0 Å². The van der Waals surface area contributed by atoms with Gasteiger partial charge in [-0.2, -0.15) is 0 Å². The molecule has 1 amide bonds. The summed E-state index contributed by atoms with van der Waals surface area (Å²) < 4.78 is 25.9. The van der Waals surface area contributed by atoms with Crippen LogP contribution in [0, 0.1) is 11.6 Å². The highest BCUT2D eigenvalue weighted by Gasteiger charge is 2.10. The summed E-state index contributed by atoms with van der Waals surface area (Å²) >= 11 is 0. The van der Waals surface area contributed by atoms with Crippen molar-refractivity contribution >= 4 is 5.91 Å². The first-order valence-electron chi connectivity index (χ1n) is 7.41. The van der Waals surface area contributed by atoms with Crippen molar-refractivity contribution in [2.75, 3.05) is 7.05 Å². The summed E-state index contributed by atoms with van der Waals surface area (Å²) in [5, 5.41) is 9.23. The van der Waals surface area contributed by atoms with Gasteiger partial charge in [-0.15, -0.1) is 0 Å². The van der Waals surface area contributed by atoms with Crippen LogP contribution >= 0.6 is 0 Å². The highest BCUT2D eigenvalue weighted by Crippen LogP contribution is 2.14. The number of aryl methyl sites for hydroxylation is 1. The average molecular weight is 319 g/mol. The smallest absolute Gasteiger partial charge is 0.222 e. The molecule has 0 saturated heterocycles. The third-order valence-corrected chi connectivity index (χ3v) is 3.62. The fourth-order valence-electron chi connectivity index (χ4n) is 2.29. The summed E-state index contributed by atoms with van der Waals surface area (Å²) in [5.74, 6) is -1.55. The largest absolute Gasteiger partial charge is 0.508 e.